The highest BCUT2D eigenvalue weighted by Gasteiger charge is 1.94. The van der Waals surface area contributed by atoms with Crippen LogP contribution >= 0.6 is 0 Å². The van der Waals surface area contributed by atoms with E-state index in [0.717, 1.165) is 17.0 Å². The lowest BCUT2D eigenvalue weighted by atomic mass is 10.3. The van der Waals surface area contributed by atoms with Gasteiger partial charge in [-0.25, -0.2) is 14.4 Å². The van der Waals surface area contributed by atoms with Gasteiger partial charge >= 0.3 is 0 Å². The Labute approximate surface area is 101 Å². The molecular weight excluding hydrogens is 217 g/mol. The molecule has 0 radical (unpaired) electrons. The van der Waals surface area contributed by atoms with E-state index in [0.29, 0.717) is 5.69 Å². The molecule has 2 heterocycles. The van der Waals surface area contributed by atoms with Crippen molar-refractivity contribution in [3.05, 3.63) is 53.1 Å². The fraction of sp³-hybridized carbons (Fsp3) is 0.308. The number of aromatic nitrogens is 3. The Morgan fingerprint density at radius 2 is 1.35 bits per heavy atom. The van der Waals surface area contributed by atoms with E-state index in [1.54, 1.807) is 13.1 Å². The second-order valence-corrected chi connectivity index (χ2v) is 3.89. The average molecular weight is 233 g/mol. The van der Waals surface area contributed by atoms with Gasteiger partial charge in [-0.1, -0.05) is 0 Å². The monoisotopic (exact) mass is 233 g/mol. The SMILES string of the molecule is Cc1cnc(C)c(F)c1.Cc1cnc(C)nc1. The van der Waals surface area contributed by atoms with E-state index in [1.807, 2.05) is 33.2 Å². The number of hydrogen-bond acceptors (Lipinski definition) is 3. The molecule has 0 bridgehead atoms. The van der Waals surface area contributed by atoms with Gasteiger partial charge in [0.25, 0.3) is 0 Å². The first-order chi connectivity index (χ1) is 7.99. The molecule has 2 aromatic rings. The van der Waals surface area contributed by atoms with Crippen LogP contribution in [0.4, 0.5) is 4.39 Å². The molecular formula is C13H16FN3. The normalized spacial score (nSPS) is 9.47. The molecule has 0 unspecified atom stereocenters. The summed E-state index contributed by atoms with van der Waals surface area (Å²) in [5, 5.41) is 0. The van der Waals surface area contributed by atoms with Gasteiger partial charge in [-0.05, 0) is 44.9 Å². The lowest BCUT2D eigenvalue weighted by Crippen LogP contribution is -1.87. The number of rotatable bonds is 0. The van der Waals surface area contributed by atoms with E-state index in [4.69, 9.17) is 0 Å². The Hall–Kier alpha value is -1.84. The molecule has 0 saturated carbocycles. The molecule has 0 saturated heterocycles. The number of pyridine rings is 1. The zero-order valence-electron chi connectivity index (χ0n) is 10.5. The van der Waals surface area contributed by atoms with Gasteiger partial charge in [0.1, 0.15) is 11.6 Å². The summed E-state index contributed by atoms with van der Waals surface area (Å²) in [6.45, 7) is 7.31. The molecule has 2 rings (SSSR count). The van der Waals surface area contributed by atoms with Crippen LogP contribution in [0.3, 0.4) is 0 Å². The fourth-order valence-electron chi connectivity index (χ4n) is 1.06. The largest absolute Gasteiger partial charge is 0.258 e. The minimum absolute atomic E-state index is 0.227. The molecule has 0 aliphatic rings. The summed E-state index contributed by atoms with van der Waals surface area (Å²) < 4.78 is 12.5. The molecule has 0 fully saturated rings. The second kappa shape index (κ2) is 6.03. The molecule has 90 valence electrons. The van der Waals surface area contributed by atoms with Crippen molar-refractivity contribution < 1.29 is 4.39 Å². The quantitative estimate of drug-likeness (QED) is 0.702. The standard InChI is InChI=1S/C7H8FN.C6H8N2/c1-5-3-7(8)6(2)9-4-5;1-5-3-7-6(2)8-4-5/h3-4H,1-2H3;3-4H,1-2H3. The molecule has 3 nitrogen and oxygen atoms in total. The Morgan fingerprint density at radius 1 is 0.824 bits per heavy atom. The predicted molar refractivity (Wildman–Crippen MR) is 65.2 cm³/mol. The third-order valence-corrected chi connectivity index (χ3v) is 2.07. The maximum absolute atomic E-state index is 12.5. The highest BCUT2D eigenvalue weighted by molar-refractivity contribution is 5.13. The summed E-state index contributed by atoms with van der Waals surface area (Å²) in [6.07, 6.45) is 5.27. The van der Waals surface area contributed by atoms with Gasteiger partial charge in [-0.15, -0.1) is 0 Å². The molecule has 17 heavy (non-hydrogen) atoms. The summed E-state index contributed by atoms with van der Waals surface area (Å²) in [7, 11) is 0. The lowest BCUT2D eigenvalue weighted by Gasteiger charge is -1.93. The highest BCUT2D eigenvalue weighted by atomic mass is 19.1. The van der Waals surface area contributed by atoms with Gasteiger partial charge in [-0.3, -0.25) is 4.98 Å². The summed E-state index contributed by atoms with van der Waals surface area (Å²) in [4.78, 5) is 11.7. The van der Waals surface area contributed by atoms with Crippen LogP contribution in [0.25, 0.3) is 0 Å². The van der Waals surface area contributed by atoms with Crippen molar-refractivity contribution in [3.8, 4) is 0 Å². The van der Waals surface area contributed by atoms with Crippen LogP contribution in [0.15, 0.2) is 24.7 Å². The highest BCUT2D eigenvalue weighted by Crippen LogP contribution is 2.03. The minimum atomic E-state index is -0.227. The van der Waals surface area contributed by atoms with Crippen LogP contribution in [0.5, 0.6) is 0 Å². The maximum Gasteiger partial charge on any atom is 0.144 e. The average Bonchev–Trinajstić information content (AvgIpc) is 2.29. The number of aryl methyl sites for hydroxylation is 4. The van der Waals surface area contributed by atoms with E-state index >= 15 is 0 Å². The van der Waals surface area contributed by atoms with Crippen molar-refractivity contribution in [1.82, 2.24) is 15.0 Å². The molecule has 0 aliphatic carbocycles. The van der Waals surface area contributed by atoms with Gasteiger partial charge in [0, 0.05) is 18.6 Å². The lowest BCUT2D eigenvalue weighted by molar-refractivity contribution is 0.608. The first kappa shape index (κ1) is 13.2. The zero-order chi connectivity index (χ0) is 12.8. The predicted octanol–water partition coefficient (Wildman–Crippen LogP) is 2.93. The van der Waals surface area contributed by atoms with Gasteiger partial charge in [0.05, 0.1) is 5.69 Å². The Morgan fingerprint density at radius 3 is 1.76 bits per heavy atom. The molecule has 0 atom stereocenters. The summed E-state index contributed by atoms with van der Waals surface area (Å²) in [5.41, 5.74) is 2.43. The number of nitrogens with zero attached hydrogens (tertiary/aromatic N) is 3. The van der Waals surface area contributed by atoms with Crippen molar-refractivity contribution in [3.63, 3.8) is 0 Å². The van der Waals surface area contributed by atoms with Crippen molar-refractivity contribution in [2.75, 3.05) is 0 Å². The van der Waals surface area contributed by atoms with Gasteiger partial charge < -0.3 is 0 Å². The Bertz CT molecular complexity index is 460. The van der Waals surface area contributed by atoms with E-state index in [9.17, 15) is 4.39 Å². The zero-order valence-corrected chi connectivity index (χ0v) is 10.5. The minimum Gasteiger partial charge on any atom is -0.258 e. The van der Waals surface area contributed by atoms with Gasteiger partial charge in [0.15, 0.2) is 0 Å². The first-order valence-corrected chi connectivity index (χ1v) is 5.33. The smallest absolute Gasteiger partial charge is 0.144 e. The van der Waals surface area contributed by atoms with Crippen molar-refractivity contribution >= 4 is 0 Å². The van der Waals surface area contributed by atoms with Crippen LogP contribution in [-0.4, -0.2) is 15.0 Å². The summed E-state index contributed by atoms with van der Waals surface area (Å²) >= 11 is 0. The topological polar surface area (TPSA) is 38.7 Å². The third kappa shape index (κ3) is 4.68. The maximum atomic E-state index is 12.5. The van der Waals surface area contributed by atoms with Crippen LogP contribution in [0, 0.1) is 33.5 Å². The fourth-order valence-corrected chi connectivity index (χ4v) is 1.06. The summed E-state index contributed by atoms with van der Waals surface area (Å²) in [5.74, 6) is 0.602. The van der Waals surface area contributed by atoms with Crippen LogP contribution in [0.2, 0.25) is 0 Å². The second-order valence-electron chi connectivity index (χ2n) is 3.89. The van der Waals surface area contributed by atoms with E-state index < -0.39 is 0 Å². The van der Waals surface area contributed by atoms with Gasteiger partial charge in [0.2, 0.25) is 0 Å². The molecule has 4 heteroatoms. The molecule has 0 N–H and O–H groups in total. The third-order valence-electron chi connectivity index (χ3n) is 2.07. The van der Waals surface area contributed by atoms with Crippen molar-refractivity contribution in [1.29, 1.82) is 0 Å². The van der Waals surface area contributed by atoms with Gasteiger partial charge in [-0.2, -0.15) is 0 Å². The van der Waals surface area contributed by atoms with Crippen LogP contribution in [-0.2, 0) is 0 Å². The molecule has 2 aromatic heterocycles. The molecule has 0 amide bonds. The Kier molecular flexibility index (Phi) is 4.69. The van der Waals surface area contributed by atoms with Crippen LogP contribution in [0.1, 0.15) is 22.6 Å². The first-order valence-electron chi connectivity index (χ1n) is 5.33. The van der Waals surface area contributed by atoms with Crippen molar-refractivity contribution in [2.45, 2.75) is 27.7 Å². The molecule has 0 aliphatic heterocycles. The summed E-state index contributed by atoms with van der Waals surface area (Å²) in [6, 6.07) is 1.47. The molecule has 0 aromatic carbocycles. The van der Waals surface area contributed by atoms with E-state index in [1.165, 1.54) is 6.07 Å². The van der Waals surface area contributed by atoms with E-state index in [2.05, 4.69) is 15.0 Å². The Balaban J connectivity index is 0.000000171. The molecule has 0 spiro atoms. The number of hydrogen-bond donors (Lipinski definition) is 0. The van der Waals surface area contributed by atoms with Crippen molar-refractivity contribution in [2.24, 2.45) is 0 Å². The number of halogens is 1. The van der Waals surface area contributed by atoms with Crippen LogP contribution < -0.4 is 0 Å². The van der Waals surface area contributed by atoms with E-state index in [-0.39, 0.29) is 5.82 Å².